The van der Waals surface area contributed by atoms with E-state index in [0.29, 0.717) is 46.9 Å². The lowest BCUT2D eigenvalue weighted by molar-refractivity contribution is -0.137. The number of carbonyl (C=O) groups excluding carboxylic acids is 4. The molecule has 3 atom stereocenters. The summed E-state index contributed by atoms with van der Waals surface area (Å²) in [6.07, 6.45) is 2.36. The number of aromatic hydroxyl groups is 1. The molecule has 14 nitrogen and oxygen atoms in total. The van der Waals surface area contributed by atoms with E-state index in [1.54, 1.807) is 11.4 Å². The molecule has 6 heterocycles. The zero-order valence-electron chi connectivity index (χ0n) is 31.0. The SMILES string of the molecule is O=C1CCC(N2Cc3cc(CN4CCN(c5ccc(-c6ccc7c(c6)C(=O)N(C(C(=O)Nc6nccs6)c6cc(F)ccc6O)C7)nn5)CC4)ccc3C2S)C(=O)N1. The van der Waals surface area contributed by atoms with Gasteiger partial charge in [-0.15, -0.1) is 21.5 Å². The minimum absolute atomic E-state index is 0.0343. The van der Waals surface area contributed by atoms with Gasteiger partial charge in [0.25, 0.3) is 11.8 Å². The van der Waals surface area contributed by atoms with Crippen LogP contribution in [-0.4, -0.2) is 90.8 Å². The molecule has 4 aliphatic rings. The van der Waals surface area contributed by atoms with Gasteiger partial charge in [-0.2, -0.15) is 12.6 Å². The molecule has 9 rings (SSSR count). The van der Waals surface area contributed by atoms with Crippen molar-refractivity contribution in [1.29, 1.82) is 0 Å². The maximum absolute atomic E-state index is 14.4. The number of fused-ring (bicyclic) bond motifs is 2. The largest absolute Gasteiger partial charge is 0.508 e. The molecule has 296 valence electrons. The van der Waals surface area contributed by atoms with Crippen molar-refractivity contribution in [2.45, 2.75) is 49.9 Å². The van der Waals surface area contributed by atoms with Crippen molar-refractivity contribution in [1.82, 2.24) is 35.2 Å². The van der Waals surface area contributed by atoms with Gasteiger partial charge in [-0.25, -0.2) is 9.37 Å². The van der Waals surface area contributed by atoms with E-state index in [9.17, 15) is 28.7 Å². The van der Waals surface area contributed by atoms with Gasteiger partial charge >= 0.3 is 0 Å². The van der Waals surface area contributed by atoms with E-state index in [4.69, 9.17) is 12.6 Å². The Kier molecular flexibility index (Phi) is 10.1. The normalized spacial score (nSPS) is 20.2. The van der Waals surface area contributed by atoms with E-state index >= 15 is 0 Å². The minimum atomic E-state index is -1.32. The highest BCUT2D eigenvalue weighted by Crippen LogP contribution is 2.40. The molecule has 3 aromatic carbocycles. The van der Waals surface area contributed by atoms with Crippen molar-refractivity contribution in [3.8, 4) is 17.0 Å². The summed E-state index contributed by atoms with van der Waals surface area (Å²) in [7, 11) is 0. The molecular formula is C41H38FN9O5S2. The van der Waals surface area contributed by atoms with Crippen LogP contribution in [0.1, 0.15) is 62.4 Å². The van der Waals surface area contributed by atoms with E-state index in [-0.39, 0.29) is 41.1 Å². The van der Waals surface area contributed by atoms with Crippen LogP contribution in [0, 0.1) is 5.82 Å². The molecule has 2 aromatic heterocycles. The van der Waals surface area contributed by atoms with Crippen LogP contribution in [-0.2, 0) is 34.0 Å². The van der Waals surface area contributed by atoms with Gasteiger partial charge in [-0.3, -0.25) is 39.6 Å². The quantitative estimate of drug-likeness (QED) is 0.121. The number of nitrogens with one attached hydrogen (secondary N) is 2. The molecule has 58 heavy (non-hydrogen) atoms. The minimum Gasteiger partial charge on any atom is -0.508 e. The second-order valence-corrected chi connectivity index (χ2v) is 16.2. The summed E-state index contributed by atoms with van der Waals surface area (Å²) in [4.78, 5) is 63.8. The van der Waals surface area contributed by atoms with E-state index in [0.717, 1.165) is 67.9 Å². The Hall–Kier alpha value is -5.75. The summed E-state index contributed by atoms with van der Waals surface area (Å²) in [6, 6.07) is 17.3. The smallest absolute Gasteiger partial charge is 0.255 e. The number of hydrogen-bond donors (Lipinski definition) is 4. The highest BCUT2D eigenvalue weighted by atomic mass is 32.1. The van der Waals surface area contributed by atoms with E-state index in [1.807, 2.05) is 24.3 Å². The van der Waals surface area contributed by atoms with Gasteiger partial charge in [0, 0.05) is 80.5 Å². The Balaban J connectivity index is 0.834. The summed E-state index contributed by atoms with van der Waals surface area (Å²) in [5.74, 6) is -1.76. The number of phenolic OH excluding ortho intramolecular Hbond substituents is 1. The first-order valence-electron chi connectivity index (χ1n) is 18.9. The van der Waals surface area contributed by atoms with E-state index in [1.165, 1.54) is 28.0 Å². The summed E-state index contributed by atoms with van der Waals surface area (Å²) in [6.45, 7) is 4.67. The number of piperazine rings is 1. The van der Waals surface area contributed by atoms with Crippen LogP contribution in [0.5, 0.6) is 5.75 Å². The number of phenols is 1. The molecule has 4 aliphatic heterocycles. The Labute approximate surface area is 342 Å². The predicted molar refractivity (Wildman–Crippen MR) is 216 cm³/mol. The number of thiazole rings is 1. The van der Waals surface area contributed by atoms with E-state index < -0.39 is 23.7 Å². The van der Waals surface area contributed by atoms with Crippen LogP contribution >= 0.6 is 24.0 Å². The third-order valence-corrected chi connectivity index (χ3v) is 12.5. The highest BCUT2D eigenvalue weighted by molar-refractivity contribution is 7.80. The third-order valence-electron chi connectivity index (χ3n) is 11.3. The highest BCUT2D eigenvalue weighted by Gasteiger charge is 2.41. The first kappa shape index (κ1) is 37.8. The van der Waals surface area contributed by atoms with Crippen molar-refractivity contribution >= 4 is 58.5 Å². The molecular weight excluding hydrogens is 782 g/mol. The lowest BCUT2D eigenvalue weighted by Crippen LogP contribution is -2.51. The lowest BCUT2D eigenvalue weighted by Gasteiger charge is -2.35. The standard InChI is InChI=1S/C41H38FN9O5S2/c42-27-4-8-33(52)30(19-27)36(38(55)45-41-43-11-16-58-41)51-21-25-3-2-24(18-29(25)39(51)56)31-6-9-34(47-46-31)49-14-12-48(13-15-49)20-23-1-5-28-26(17-23)22-50(40(28)57)32-7-10-35(53)44-37(32)54/h1-6,8-9,11,16-19,32,36,40,52,57H,7,10,12-15,20-22H2,(H,43,45,55)(H,44,53,54). The summed E-state index contributed by atoms with van der Waals surface area (Å²) in [5.41, 5.74) is 5.72. The topological polar surface area (TPSA) is 164 Å². The van der Waals surface area contributed by atoms with Crippen molar-refractivity contribution in [2.24, 2.45) is 0 Å². The molecule has 3 unspecified atom stereocenters. The maximum atomic E-state index is 14.4. The van der Waals surface area contributed by atoms with Crippen LogP contribution in [0.4, 0.5) is 15.3 Å². The van der Waals surface area contributed by atoms with Crippen molar-refractivity contribution in [2.75, 3.05) is 36.4 Å². The first-order chi connectivity index (χ1) is 28.1. The zero-order valence-corrected chi connectivity index (χ0v) is 32.8. The van der Waals surface area contributed by atoms with Gasteiger partial charge in [-0.05, 0) is 65.1 Å². The monoisotopic (exact) mass is 819 g/mol. The number of hydrogen-bond acceptors (Lipinski definition) is 13. The van der Waals surface area contributed by atoms with Gasteiger partial charge < -0.3 is 14.9 Å². The van der Waals surface area contributed by atoms with Crippen molar-refractivity contribution < 1.29 is 28.7 Å². The van der Waals surface area contributed by atoms with Crippen LogP contribution in [0.2, 0.25) is 0 Å². The van der Waals surface area contributed by atoms with Gasteiger partial charge in [0.05, 0.1) is 17.1 Å². The lowest BCUT2D eigenvalue weighted by atomic mass is 10.0. The fourth-order valence-electron chi connectivity index (χ4n) is 8.27. The maximum Gasteiger partial charge on any atom is 0.255 e. The number of aromatic nitrogens is 3. The summed E-state index contributed by atoms with van der Waals surface area (Å²) >= 11 is 6.03. The molecule has 0 radical (unpaired) electrons. The number of nitrogens with zero attached hydrogens (tertiary/aromatic N) is 7. The number of imide groups is 1. The number of amides is 4. The Bertz CT molecular complexity index is 2430. The van der Waals surface area contributed by atoms with Gasteiger partial charge in [-0.1, -0.05) is 30.3 Å². The number of halogens is 1. The molecule has 2 fully saturated rings. The van der Waals surface area contributed by atoms with Gasteiger partial charge in [0.15, 0.2) is 10.9 Å². The summed E-state index contributed by atoms with van der Waals surface area (Å²) in [5, 5.41) is 26.7. The van der Waals surface area contributed by atoms with Crippen LogP contribution in [0.3, 0.4) is 0 Å². The van der Waals surface area contributed by atoms with E-state index in [2.05, 4.69) is 58.7 Å². The number of piperidine rings is 1. The number of anilines is 2. The Morgan fingerprint density at radius 3 is 2.59 bits per heavy atom. The van der Waals surface area contributed by atoms with Crippen molar-refractivity contribution in [3.63, 3.8) is 0 Å². The Morgan fingerprint density at radius 2 is 1.83 bits per heavy atom. The molecule has 17 heteroatoms. The molecule has 0 aliphatic carbocycles. The second kappa shape index (κ2) is 15.5. The van der Waals surface area contributed by atoms with Crippen LogP contribution in [0.25, 0.3) is 11.3 Å². The number of rotatable bonds is 9. The van der Waals surface area contributed by atoms with Crippen LogP contribution in [0.15, 0.2) is 78.3 Å². The zero-order chi connectivity index (χ0) is 40.1. The third kappa shape index (κ3) is 7.30. The average Bonchev–Trinajstić information content (AvgIpc) is 3.94. The van der Waals surface area contributed by atoms with Gasteiger partial charge in [0.1, 0.15) is 17.6 Å². The summed E-state index contributed by atoms with van der Waals surface area (Å²) < 4.78 is 14.4. The molecule has 0 spiro atoms. The average molecular weight is 820 g/mol. The Morgan fingerprint density at radius 1 is 0.983 bits per heavy atom. The molecule has 3 N–H and O–H groups in total. The molecule has 5 aromatic rings. The van der Waals surface area contributed by atoms with Gasteiger partial charge in [0.2, 0.25) is 11.8 Å². The van der Waals surface area contributed by atoms with Crippen LogP contribution < -0.4 is 15.5 Å². The predicted octanol–water partition coefficient (Wildman–Crippen LogP) is 4.65. The fraction of sp³-hybridized carbons (Fsp3) is 0.293. The molecule has 0 bridgehead atoms. The number of benzene rings is 3. The molecule has 4 amide bonds. The first-order valence-corrected chi connectivity index (χ1v) is 20.3. The second-order valence-electron chi connectivity index (χ2n) is 14.8. The molecule has 0 saturated carbocycles. The number of thiol groups is 1. The number of carbonyl (C=O) groups is 4. The molecule has 2 saturated heterocycles. The van der Waals surface area contributed by atoms with Crippen molar-refractivity contribution in [3.05, 3.63) is 118 Å². The fourth-order valence-corrected chi connectivity index (χ4v) is 9.30.